The maximum absolute atomic E-state index is 11.0. The quantitative estimate of drug-likeness (QED) is 0.296. The molecule has 6 heteroatoms. The highest BCUT2D eigenvalue weighted by Crippen LogP contribution is 2.35. The third-order valence-corrected chi connectivity index (χ3v) is 6.07. The van der Waals surface area contributed by atoms with E-state index in [4.69, 9.17) is 19.7 Å². The summed E-state index contributed by atoms with van der Waals surface area (Å²) >= 11 is 0. The lowest BCUT2D eigenvalue weighted by Crippen LogP contribution is -1.98. The molecule has 4 aromatic rings. The lowest BCUT2D eigenvalue weighted by atomic mass is 9.95. The second-order valence-corrected chi connectivity index (χ2v) is 8.55. The Morgan fingerprint density at radius 1 is 0.622 bits per heavy atom. The van der Waals surface area contributed by atoms with Crippen LogP contribution in [0.1, 0.15) is 37.4 Å². The van der Waals surface area contributed by atoms with Gasteiger partial charge in [-0.25, -0.2) is 9.59 Å². The molecule has 190 valence electrons. The van der Waals surface area contributed by atoms with E-state index in [2.05, 4.69) is 26.0 Å². The molecule has 0 saturated carbocycles. The van der Waals surface area contributed by atoms with E-state index in [9.17, 15) is 9.59 Å². The van der Waals surface area contributed by atoms with E-state index < -0.39 is 11.9 Å². The minimum absolute atomic E-state index is 0.277. The SMILES string of the molecule is COc1ccc(-c2ccc(C(=O)O)cc2C)c(OC)c1.Cc1cccc(C)c1-c1ccc(C(=O)O)cc1. The van der Waals surface area contributed by atoms with E-state index in [1.165, 1.54) is 16.7 Å². The van der Waals surface area contributed by atoms with Crippen LogP contribution < -0.4 is 9.47 Å². The summed E-state index contributed by atoms with van der Waals surface area (Å²) in [6.45, 7) is 6.01. The lowest BCUT2D eigenvalue weighted by Gasteiger charge is -2.13. The van der Waals surface area contributed by atoms with Gasteiger partial charge in [-0.05, 0) is 90.6 Å². The Bertz CT molecular complexity index is 1400. The Labute approximate surface area is 216 Å². The average Bonchev–Trinajstić information content (AvgIpc) is 2.89. The molecule has 0 fully saturated rings. The van der Waals surface area contributed by atoms with Gasteiger partial charge in [0.25, 0.3) is 0 Å². The van der Waals surface area contributed by atoms with Crippen LogP contribution in [0, 0.1) is 20.8 Å². The van der Waals surface area contributed by atoms with Crippen LogP contribution in [0.4, 0.5) is 0 Å². The van der Waals surface area contributed by atoms with Gasteiger partial charge in [0.2, 0.25) is 0 Å². The van der Waals surface area contributed by atoms with Gasteiger partial charge < -0.3 is 19.7 Å². The van der Waals surface area contributed by atoms with Crippen LogP contribution in [0.2, 0.25) is 0 Å². The molecule has 0 heterocycles. The van der Waals surface area contributed by atoms with Crippen molar-refractivity contribution in [2.75, 3.05) is 14.2 Å². The smallest absolute Gasteiger partial charge is 0.335 e. The second-order valence-electron chi connectivity index (χ2n) is 8.55. The first kappa shape index (κ1) is 27.0. The Balaban J connectivity index is 0.000000208. The number of hydrogen-bond donors (Lipinski definition) is 2. The van der Waals surface area contributed by atoms with Crippen LogP contribution in [0.3, 0.4) is 0 Å². The first-order chi connectivity index (χ1) is 17.7. The number of hydrogen-bond acceptors (Lipinski definition) is 4. The van der Waals surface area contributed by atoms with Crippen LogP contribution >= 0.6 is 0 Å². The zero-order valence-electron chi connectivity index (χ0n) is 21.5. The maximum atomic E-state index is 11.0. The molecule has 37 heavy (non-hydrogen) atoms. The van der Waals surface area contributed by atoms with Crippen molar-refractivity contribution >= 4 is 11.9 Å². The zero-order chi connectivity index (χ0) is 27.1. The van der Waals surface area contributed by atoms with Gasteiger partial charge in [0.15, 0.2) is 0 Å². The summed E-state index contributed by atoms with van der Waals surface area (Å²) in [4.78, 5) is 21.7. The summed E-state index contributed by atoms with van der Waals surface area (Å²) in [5.74, 6) is -0.416. The highest BCUT2D eigenvalue weighted by molar-refractivity contribution is 5.89. The van der Waals surface area contributed by atoms with Crippen molar-refractivity contribution in [1.82, 2.24) is 0 Å². The fourth-order valence-electron chi connectivity index (χ4n) is 4.17. The van der Waals surface area contributed by atoms with E-state index >= 15 is 0 Å². The molecule has 4 aromatic carbocycles. The summed E-state index contributed by atoms with van der Waals surface area (Å²) in [7, 11) is 3.20. The topological polar surface area (TPSA) is 93.1 Å². The number of aryl methyl sites for hydroxylation is 3. The maximum Gasteiger partial charge on any atom is 0.335 e. The highest BCUT2D eigenvalue weighted by Gasteiger charge is 2.12. The van der Waals surface area contributed by atoms with Crippen molar-refractivity contribution in [3.05, 3.63) is 107 Å². The number of carboxylic acid groups (broad SMARTS) is 2. The molecule has 0 saturated heterocycles. The normalized spacial score (nSPS) is 10.2. The molecular weight excluding hydrogens is 468 g/mol. The Morgan fingerprint density at radius 3 is 1.70 bits per heavy atom. The Morgan fingerprint density at radius 2 is 1.19 bits per heavy atom. The van der Waals surface area contributed by atoms with Crippen LogP contribution in [0.5, 0.6) is 11.5 Å². The van der Waals surface area contributed by atoms with Gasteiger partial charge in [0.1, 0.15) is 11.5 Å². The minimum atomic E-state index is -0.929. The van der Waals surface area contributed by atoms with Crippen LogP contribution in [0.15, 0.2) is 78.9 Å². The largest absolute Gasteiger partial charge is 0.497 e. The lowest BCUT2D eigenvalue weighted by molar-refractivity contribution is 0.0686. The summed E-state index contributed by atoms with van der Waals surface area (Å²) < 4.78 is 10.5. The fourth-order valence-corrected chi connectivity index (χ4v) is 4.17. The molecule has 4 rings (SSSR count). The van der Waals surface area contributed by atoms with E-state index in [1.54, 1.807) is 50.6 Å². The molecule has 6 nitrogen and oxygen atoms in total. The van der Waals surface area contributed by atoms with E-state index in [0.29, 0.717) is 17.1 Å². The molecule has 0 unspecified atom stereocenters. The van der Waals surface area contributed by atoms with Gasteiger partial charge in [-0.2, -0.15) is 0 Å². The van der Waals surface area contributed by atoms with Crippen molar-refractivity contribution in [1.29, 1.82) is 0 Å². The molecule has 0 aliphatic carbocycles. The second kappa shape index (κ2) is 11.9. The number of methoxy groups -OCH3 is 2. The first-order valence-corrected chi connectivity index (χ1v) is 11.6. The van der Waals surface area contributed by atoms with Gasteiger partial charge in [-0.15, -0.1) is 0 Å². The average molecular weight is 499 g/mol. The van der Waals surface area contributed by atoms with Gasteiger partial charge in [-0.3, -0.25) is 0 Å². The standard InChI is InChI=1S/C16H16O4.C15H14O2/c1-10-8-11(16(17)18)4-6-13(10)14-7-5-12(19-2)9-15(14)20-3;1-10-4-3-5-11(2)14(10)12-6-8-13(9-7-12)15(16)17/h4-9H,1-3H3,(H,17,18);3-9H,1-2H3,(H,16,17). The number of benzene rings is 4. The summed E-state index contributed by atoms with van der Waals surface area (Å²) in [6.07, 6.45) is 0. The predicted molar refractivity (Wildman–Crippen MR) is 145 cm³/mol. The van der Waals surface area contributed by atoms with E-state index in [-0.39, 0.29) is 5.56 Å². The van der Waals surface area contributed by atoms with Crippen LogP contribution in [0.25, 0.3) is 22.3 Å². The van der Waals surface area contributed by atoms with Crippen LogP contribution in [-0.2, 0) is 0 Å². The minimum Gasteiger partial charge on any atom is -0.497 e. The number of carboxylic acids is 2. The molecule has 0 aromatic heterocycles. The number of rotatable bonds is 6. The van der Waals surface area contributed by atoms with Gasteiger partial charge >= 0.3 is 11.9 Å². The van der Waals surface area contributed by atoms with Crippen molar-refractivity contribution in [3.63, 3.8) is 0 Å². The van der Waals surface area contributed by atoms with E-state index in [1.807, 2.05) is 37.3 Å². The highest BCUT2D eigenvalue weighted by atomic mass is 16.5. The third kappa shape index (κ3) is 6.35. The zero-order valence-corrected chi connectivity index (χ0v) is 21.5. The summed E-state index contributed by atoms with van der Waals surface area (Å²) in [5, 5.41) is 17.9. The van der Waals surface area contributed by atoms with Gasteiger partial charge in [0, 0.05) is 11.6 Å². The third-order valence-electron chi connectivity index (χ3n) is 6.07. The van der Waals surface area contributed by atoms with Crippen molar-refractivity contribution in [2.24, 2.45) is 0 Å². The van der Waals surface area contributed by atoms with Gasteiger partial charge in [-0.1, -0.05) is 36.4 Å². The van der Waals surface area contributed by atoms with Crippen molar-refractivity contribution < 1.29 is 29.3 Å². The molecule has 0 amide bonds. The molecule has 0 aliphatic rings. The monoisotopic (exact) mass is 498 g/mol. The molecule has 0 radical (unpaired) electrons. The molecule has 0 spiro atoms. The molecule has 2 N–H and O–H groups in total. The number of carbonyl (C=O) groups is 2. The fraction of sp³-hybridized carbons (Fsp3) is 0.161. The van der Waals surface area contributed by atoms with Crippen molar-refractivity contribution in [3.8, 4) is 33.8 Å². The van der Waals surface area contributed by atoms with E-state index in [0.717, 1.165) is 22.3 Å². The van der Waals surface area contributed by atoms with Crippen LogP contribution in [-0.4, -0.2) is 36.4 Å². The summed E-state index contributed by atoms with van der Waals surface area (Å²) in [6, 6.07) is 23.8. The predicted octanol–water partition coefficient (Wildman–Crippen LogP) is 7.05. The molecule has 0 aliphatic heterocycles. The molecule has 0 atom stereocenters. The van der Waals surface area contributed by atoms with Gasteiger partial charge in [0.05, 0.1) is 25.3 Å². The summed E-state index contributed by atoms with van der Waals surface area (Å²) in [5.41, 5.74) is 7.97. The Kier molecular flexibility index (Phi) is 8.69. The number of ether oxygens (including phenoxy) is 2. The molecular formula is C31H30O6. The number of aromatic carboxylic acids is 2. The van der Waals surface area contributed by atoms with Crippen molar-refractivity contribution in [2.45, 2.75) is 20.8 Å². The Hall–Kier alpha value is -4.58. The molecule has 0 bridgehead atoms. The first-order valence-electron chi connectivity index (χ1n) is 11.6.